The van der Waals surface area contributed by atoms with Crippen LogP contribution in [0.25, 0.3) is 0 Å². The summed E-state index contributed by atoms with van der Waals surface area (Å²) in [6.45, 7) is 0.394. The van der Waals surface area contributed by atoms with Crippen LogP contribution in [0.3, 0.4) is 0 Å². The predicted molar refractivity (Wildman–Crippen MR) is 84.1 cm³/mol. The van der Waals surface area contributed by atoms with Gasteiger partial charge in [0.15, 0.2) is 0 Å². The predicted octanol–water partition coefficient (Wildman–Crippen LogP) is 2.13. The van der Waals surface area contributed by atoms with Crippen LogP contribution in [0.1, 0.15) is 18.4 Å². The van der Waals surface area contributed by atoms with Gasteiger partial charge in [-0.15, -0.1) is 12.4 Å². The van der Waals surface area contributed by atoms with Crippen LogP contribution < -0.4 is 15.8 Å². The van der Waals surface area contributed by atoms with Crippen LogP contribution in [0.15, 0.2) is 24.3 Å². The number of nitrogens with one attached hydrogen (secondary N) is 1. The number of benzene rings is 1. The van der Waals surface area contributed by atoms with Crippen molar-refractivity contribution in [1.29, 1.82) is 0 Å². The van der Waals surface area contributed by atoms with Gasteiger partial charge in [-0.25, -0.2) is 0 Å². The van der Waals surface area contributed by atoms with E-state index in [0.717, 1.165) is 12.5 Å². The van der Waals surface area contributed by atoms with Crippen molar-refractivity contribution in [2.24, 2.45) is 5.73 Å². The molecule has 9 heteroatoms. The van der Waals surface area contributed by atoms with Crippen LogP contribution in [0.2, 0.25) is 0 Å². The molecule has 5 nitrogen and oxygen atoms in total. The Bertz CT molecular complexity index is 543. The number of alkyl halides is 3. The maximum absolute atomic E-state index is 12.8. The number of amides is 1. The molecule has 1 fully saturated rings. The molecule has 1 heterocycles. The normalized spacial score (nSPS) is 20.3. The summed E-state index contributed by atoms with van der Waals surface area (Å²) in [4.78, 5) is 11.8. The zero-order chi connectivity index (χ0) is 16.9. The molecular weight excluding hydrogens is 349 g/mol. The van der Waals surface area contributed by atoms with Gasteiger partial charge in [-0.3, -0.25) is 4.79 Å². The number of carbonyl (C=O) groups excluding carboxylic acids is 1. The van der Waals surface area contributed by atoms with Gasteiger partial charge in [0.05, 0.1) is 18.2 Å². The van der Waals surface area contributed by atoms with E-state index in [1.807, 2.05) is 0 Å². The zero-order valence-electron chi connectivity index (χ0n) is 12.8. The van der Waals surface area contributed by atoms with Gasteiger partial charge in [-0.2, -0.15) is 13.2 Å². The van der Waals surface area contributed by atoms with Crippen molar-refractivity contribution in [3.8, 4) is 5.75 Å². The van der Waals surface area contributed by atoms with Crippen molar-refractivity contribution in [3.63, 3.8) is 0 Å². The smallest absolute Gasteiger partial charge is 0.419 e. The summed E-state index contributed by atoms with van der Waals surface area (Å²) in [5.74, 6) is -0.553. The molecule has 1 aromatic rings. The highest BCUT2D eigenvalue weighted by Gasteiger charge is 2.34. The quantitative estimate of drug-likeness (QED) is 0.754. The third-order valence-electron chi connectivity index (χ3n) is 3.51. The second-order valence-electron chi connectivity index (χ2n) is 5.19. The third-order valence-corrected chi connectivity index (χ3v) is 3.51. The monoisotopic (exact) mass is 368 g/mol. The fraction of sp³-hybridized carbons (Fsp3) is 0.533. The number of para-hydroxylation sites is 1. The van der Waals surface area contributed by atoms with Crippen molar-refractivity contribution in [2.75, 3.05) is 19.7 Å². The van der Waals surface area contributed by atoms with Gasteiger partial charge in [-0.05, 0) is 25.0 Å². The molecule has 2 rings (SSSR count). The summed E-state index contributed by atoms with van der Waals surface area (Å²) >= 11 is 0. The average Bonchev–Trinajstić information content (AvgIpc) is 3.00. The topological polar surface area (TPSA) is 73.6 Å². The van der Waals surface area contributed by atoms with Gasteiger partial charge >= 0.3 is 6.18 Å². The molecule has 0 unspecified atom stereocenters. The highest BCUT2D eigenvalue weighted by Crippen LogP contribution is 2.35. The lowest BCUT2D eigenvalue weighted by Crippen LogP contribution is -2.37. The van der Waals surface area contributed by atoms with E-state index in [1.165, 1.54) is 18.2 Å². The summed E-state index contributed by atoms with van der Waals surface area (Å²) in [5.41, 5.74) is 4.63. The zero-order valence-corrected chi connectivity index (χ0v) is 13.7. The molecule has 0 saturated carbocycles. The molecule has 0 spiro atoms. The molecular formula is C15H20ClF3N2O3. The van der Waals surface area contributed by atoms with Crippen molar-refractivity contribution in [3.05, 3.63) is 29.8 Å². The van der Waals surface area contributed by atoms with Gasteiger partial charge in [0.1, 0.15) is 18.5 Å². The standard InChI is InChI=1S/C15H19F3N2O3.ClH/c16-15(17,18)11-3-1-2-4-12(11)22-8-7-20-14(21)13-6-5-10(9-19)23-13;/h1-4,10,13H,5-9,19H2,(H,20,21);1H/t10-,13+;/m1./s1. The molecule has 0 bridgehead atoms. The Morgan fingerprint density at radius 3 is 2.67 bits per heavy atom. The first-order valence-electron chi connectivity index (χ1n) is 7.34. The van der Waals surface area contributed by atoms with Gasteiger partial charge in [0.2, 0.25) is 5.91 Å². The van der Waals surface area contributed by atoms with E-state index in [2.05, 4.69) is 5.32 Å². The minimum atomic E-state index is -4.48. The molecule has 24 heavy (non-hydrogen) atoms. The van der Waals surface area contributed by atoms with E-state index < -0.39 is 17.8 Å². The number of carbonyl (C=O) groups is 1. The summed E-state index contributed by atoms with van der Waals surface area (Å²) in [6, 6.07) is 4.95. The highest BCUT2D eigenvalue weighted by atomic mass is 35.5. The average molecular weight is 369 g/mol. The minimum absolute atomic E-state index is 0. The largest absolute Gasteiger partial charge is 0.491 e. The lowest BCUT2D eigenvalue weighted by molar-refractivity contribution is -0.139. The molecule has 0 radical (unpaired) electrons. The second-order valence-corrected chi connectivity index (χ2v) is 5.19. The summed E-state index contributed by atoms with van der Waals surface area (Å²) in [7, 11) is 0. The molecule has 0 aliphatic carbocycles. The van der Waals surface area contributed by atoms with Crippen LogP contribution in [0, 0.1) is 0 Å². The van der Waals surface area contributed by atoms with Crippen molar-refractivity contribution in [2.45, 2.75) is 31.2 Å². The van der Waals surface area contributed by atoms with Crippen molar-refractivity contribution >= 4 is 18.3 Å². The fourth-order valence-corrected chi connectivity index (χ4v) is 2.35. The third kappa shape index (κ3) is 5.54. The summed E-state index contributed by atoms with van der Waals surface area (Å²) in [6.07, 6.45) is -3.82. The minimum Gasteiger partial charge on any atom is -0.491 e. The van der Waals surface area contributed by atoms with Gasteiger partial charge in [0, 0.05) is 6.54 Å². The number of rotatable bonds is 6. The van der Waals surface area contributed by atoms with E-state index in [9.17, 15) is 18.0 Å². The lowest BCUT2D eigenvalue weighted by atomic mass is 10.2. The Hall–Kier alpha value is -1.51. The van der Waals surface area contributed by atoms with Crippen LogP contribution in [-0.2, 0) is 15.7 Å². The van der Waals surface area contributed by atoms with E-state index in [1.54, 1.807) is 0 Å². The van der Waals surface area contributed by atoms with E-state index in [0.29, 0.717) is 13.0 Å². The molecule has 2 atom stereocenters. The molecule has 1 aliphatic heterocycles. The molecule has 136 valence electrons. The van der Waals surface area contributed by atoms with E-state index in [4.69, 9.17) is 15.2 Å². The summed E-state index contributed by atoms with van der Waals surface area (Å²) < 4.78 is 48.9. The van der Waals surface area contributed by atoms with Crippen molar-refractivity contribution in [1.82, 2.24) is 5.32 Å². The molecule has 0 aromatic heterocycles. The molecule has 1 amide bonds. The lowest BCUT2D eigenvalue weighted by Gasteiger charge is -2.15. The van der Waals surface area contributed by atoms with Gasteiger partial charge < -0.3 is 20.5 Å². The highest BCUT2D eigenvalue weighted by molar-refractivity contribution is 5.85. The first-order valence-corrected chi connectivity index (χ1v) is 7.34. The second kappa shape index (κ2) is 9.10. The fourth-order valence-electron chi connectivity index (χ4n) is 2.35. The first kappa shape index (κ1) is 20.5. The number of nitrogens with two attached hydrogens (primary N) is 1. The Kier molecular flexibility index (Phi) is 7.78. The maximum atomic E-state index is 12.8. The van der Waals surface area contributed by atoms with Crippen molar-refractivity contribution < 1.29 is 27.4 Å². The van der Waals surface area contributed by atoms with Gasteiger partial charge in [0.25, 0.3) is 0 Å². The molecule has 1 aromatic carbocycles. The Balaban J connectivity index is 0.00000288. The Morgan fingerprint density at radius 1 is 1.33 bits per heavy atom. The molecule has 1 saturated heterocycles. The maximum Gasteiger partial charge on any atom is 0.419 e. The van der Waals surface area contributed by atoms with E-state index in [-0.39, 0.29) is 43.3 Å². The van der Waals surface area contributed by atoms with Gasteiger partial charge in [-0.1, -0.05) is 12.1 Å². The number of hydrogen-bond donors (Lipinski definition) is 2. The van der Waals surface area contributed by atoms with Crippen LogP contribution in [0.5, 0.6) is 5.75 Å². The first-order chi connectivity index (χ1) is 10.9. The molecule has 3 N–H and O–H groups in total. The number of hydrogen-bond acceptors (Lipinski definition) is 4. The van der Waals surface area contributed by atoms with Crippen LogP contribution >= 0.6 is 12.4 Å². The van der Waals surface area contributed by atoms with Crippen LogP contribution in [0.4, 0.5) is 13.2 Å². The van der Waals surface area contributed by atoms with Crippen LogP contribution in [-0.4, -0.2) is 37.8 Å². The Morgan fingerprint density at radius 2 is 2.04 bits per heavy atom. The SMILES string of the molecule is Cl.NC[C@H]1CC[C@@H](C(=O)NCCOc2ccccc2C(F)(F)F)O1. The number of ether oxygens (including phenoxy) is 2. The molecule has 1 aliphatic rings. The number of halogens is 4. The summed E-state index contributed by atoms with van der Waals surface area (Å²) in [5, 5.41) is 2.59. The van der Waals surface area contributed by atoms with E-state index >= 15 is 0 Å². The Labute approximate surface area is 144 Å².